The van der Waals surface area contributed by atoms with Crippen molar-refractivity contribution in [1.82, 2.24) is 10.2 Å². The molecule has 0 bridgehead atoms. The van der Waals surface area contributed by atoms with Gasteiger partial charge in [0.05, 0.1) is 23.5 Å². The second kappa shape index (κ2) is 9.21. The lowest BCUT2D eigenvalue weighted by molar-refractivity contribution is -0.115. The van der Waals surface area contributed by atoms with Gasteiger partial charge in [0.2, 0.25) is 11.8 Å². The minimum absolute atomic E-state index is 0.0359. The van der Waals surface area contributed by atoms with Crippen LogP contribution in [0.25, 0.3) is 0 Å². The van der Waals surface area contributed by atoms with Crippen LogP contribution in [0.5, 0.6) is 0 Å². The summed E-state index contributed by atoms with van der Waals surface area (Å²) >= 11 is 0. The SMILES string of the molecule is CCS(=O)(=O)c1ccc(CC(=O)Nc2nnc(Cc3ccc(C(C)C)cc3)o2)cc1. The summed E-state index contributed by atoms with van der Waals surface area (Å²) in [6.07, 6.45) is 0.551. The third-order valence-corrected chi connectivity index (χ3v) is 6.49. The normalized spacial score (nSPS) is 11.6. The Balaban J connectivity index is 1.57. The van der Waals surface area contributed by atoms with Crippen LogP contribution in [0.15, 0.2) is 57.8 Å². The van der Waals surface area contributed by atoms with Gasteiger partial charge < -0.3 is 4.42 Å². The first-order valence-electron chi connectivity index (χ1n) is 9.79. The summed E-state index contributed by atoms with van der Waals surface area (Å²) < 4.78 is 29.2. The number of rotatable bonds is 8. The highest BCUT2D eigenvalue weighted by molar-refractivity contribution is 7.91. The third-order valence-electron chi connectivity index (χ3n) is 4.74. The quantitative estimate of drug-likeness (QED) is 0.587. The van der Waals surface area contributed by atoms with Gasteiger partial charge in [-0.1, -0.05) is 62.3 Å². The molecule has 1 N–H and O–H groups in total. The molecule has 30 heavy (non-hydrogen) atoms. The van der Waals surface area contributed by atoms with E-state index in [0.29, 0.717) is 23.8 Å². The number of benzene rings is 2. The summed E-state index contributed by atoms with van der Waals surface area (Å²) in [5, 5.41) is 10.4. The van der Waals surface area contributed by atoms with Crippen molar-refractivity contribution in [3.8, 4) is 0 Å². The fourth-order valence-electron chi connectivity index (χ4n) is 2.90. The van der Waals surface area contributed by atoms with Gasteiger partial charge in [-0.05, 0) is 34.7 Å². The van der Waals surface area contributed by atoms with E-state index in [2.05, 4.69) is 41.5 Å². The predicted molar refractivity (Wildman–Crippen MR) is 114 cm³/mol. The molecule has 0 unspecified atom stereocenters. The van der Waals surface area contributed by atoms with Crippen LogP contribution in [-0.4, -0.2) is 30.3 Å². The molecule has 3 aromatic rings. The smallest absolute Gasteiger partial charge is 0.322 e. The van der Waals surface area contributed by atoms with Crippen LogP contribution in [0.4, 0.5) is 6.01 Å². The fraction of sp³-hybridized carbons (Fsp3) is 0.318. The highest BCUT2D eigenvalue weighted by Gasteiger charge is 2.14. The Bertz CT molecular complexity index is 1100. The number of anilines is 1. The van der Waals surface area contributed by atoms with E-state index < -0.39 is 9.84 Å². The summed E-state index contributed by atoms with van der Waals surface area (Å²) in [6.45, 7) is 5.88. The number of carbonyl (C=O) groups excluding carboxylic acids is 1. The largest absolute Gasteiger partial charge is 0.407 e. The molecular weight excluding hydrogens is 402 g/mol. The van der Waals surface area contributed by atoms with Crippen molar-refractivity contribution in [1.29, 1.82) is 0 Å². The number of nitrogens with one attached hydrogen (secondary N) is 1. The molecule has 158 valence electrons. The van der Waals surface area contributed by atoms with Crippen LogP contribution >= 0.6 is 0 Å². The van der Waals surface area contributed by atoms with Crippen LogP contribution in [0.1, 0.15) is 49.3 Å². The van der Waals surface area contributed by atoms with Gasteiger partial charge in [0.25, 0.3) is 0 Å². The van der Waals surface area contributed by atoms with Gasteiger partial charge in [-0.3, -0.25) is 10.1 Å². The average molecular weight is 428 g/mol. The van der Waals surface area contributed by atoms with Crippen LogP contribution < -0.4 is 5.32 Å². The Morgan fingerprint density at radius 2 is 1.63 bits per heavy atom. The Kier molecular flexibility index (Phi) is 6.66. The molecule has 0 atom stereocenters. The van der Waals surface area contributed by atoms with E-state index >= 15 is 0 Å². The number of amides is 1. The summed E-state index contributed by atoms with van der Waals surface area (Å²) in [6, 6.07) is 14.5. The molecule has 1 heterocycles. The van der Waals surface area contributed by atoms with E-state index in [4.69, 9.17) is 4.42 Å². The van der Waals surface area contributed by atoms with Crippen LogP contribution in [0.2, 0.25) is 0 Å². The Morgan fingerprint density at radius 1 is 1.00 bits per heavy atom. The summed E-state index contributed by atoms with van der Waals surface area (Å²) in [7, 11) is -3.26. The van der Waals surface area contributed by atoms with E-state index in [-0.39, 0.29) is 29.0 Å². The van der Waals surface area contributed by atoms with Crippen molar-refractivity contribution in [3.05, 3.63) is 71.1 Å². The minimum atomic E-state index is -3.26. The standard InChI is InChI=1S/C22H25N3O4S/c1-4-30(27,28)19-11-7-16(8-12-19)13-20(26)23-22-25-24-21(29-22)14-17-5-9-18(10-6-17)15(2)3/h5-12,15H,4,13-14H2,1-3H3,(H,23,25,26). The molecule has 0 saturated carbocycles. The van der Waals surface area contributed by atoms with Gasteiger partial charge in [0.15, 0.2) is 9.84 Å². The summed E-state index contributed by atoms with van der Waals surface area (Å²) in [5.41, 5.74) is 2.99. The van der Waals surface area contributed by atoms with E-state index in [1.54, 1.807) is 19.1 Å². The first kappa shape index (κ1) is 21.7. The van der Waals surface area contributed by atoms with Gasteiger partial charge in [-0.25, -0.2) is 8.42 Å². The van der Waals surface area contributed by atoms with E-state index in [0.717, 1.165) is 5.56 Å². The number of hydrogen-bond acceptors (Lipinski definition) is 6. The molecule has 1 amide bonds. The summed E-state index contributed by atoms with van der Waals surface area (Å²) in [5.74, 6) is 0.597. The second-order valence-corrected chi connectivity index (χ2v) is 9.62. The predicted octanol–water partition coefficient (Wildman–Crippen LogP) is 3.76. The first-order valence-corrected chi connectivity index (χ1v) is 11.4. The molecule has 2 aromatic carbocycles. The molecule has 0 radical (unpaired) electrons. The molecule has 0 aliphatic carbocycles. The number of carbonyl (C=O) groups is 1. The maximum absolute atomic E-state index is 12.2. The van der Waals surface area contributed by atoms with Crippen molar-refractivity contribution in [2.75, 3.05) is 11.1 Å². The molecule has 0 aliphatic heterocycles. The maximum Gasteiger partial charge on any atom is 0.322 e. The van der Waals surface area contributed by atoms with Crippen molar-refractivity contribution in [2.24, 2.45) is 0 Å². The first-order chi connectivity index (χ1) is 14.3. The zero-order valence-electron chi connectivity index (χ0n) is 17.3. The lowest BCUT2D eigenvalue weighted by Crippen LogP contribution is -2.14. The number of hydrogen-bond donors (Lipinski definition) is 1. The van der Waals surface area contributed by atoms with Crippen LogP contribution in [0.3, 0.4) is 0 Å². The fourth-order valence-corrected chi connectivity index (χ4v) is 3.78. The molecule has 0 fully saturated rings. The third kappa shape index (κ3) is 5.54. The monoisotopic (exact) mass is 427 g/mol. The molecule has 0 saturated heterocycles. The van der Waals surface area contributed by atoms with Gasteiger partial charge >= 0.3 is 6.01 Å². The van der Waals surface area contributed by atoms with E-state index in [1.165, 1.54) is 17.7 Å². The number of nitrogens with zero attached hydrogens (tertiary/aromatic N) is 2. The highest BCUT2D eigenvalue weighted by atomic mass is 32.2. The van der Waals surface area contributed by atoms with Crippen LogP contribution in [0, 0.1) is 0 Å². The molecule has 7 nitrogen and oxygen atoms in total. The van der Waals surface area contributed by atoms with Gasteiger partial charge in [-0.15, -0.1) is 5.10 Å². The van der Waals surface area contributed by atoms with Gasteiger partial charge in [0, 0.05) is 0 Å². The highest BCUT2D eigenvalue weighted by Crippen LogP contribution is 2.17. The second-order valence-electron chi connectivity index (χ2n) is 7.35. The molecule has 0 aliphatic rings. The molecule has 8 heteroatoms. The van der Waals surface area contributed by atoms with E-state index in [1.807, 2.05) is 12.1 Å². The van der Waals surface area contributed by atoms with Crippen molar-refractivity contribution in [2.45, 2.75) is 44.4 Å². The molecule has 3 rings (SSSR count). The average Bonchev–Trinajstić information content (AvgIpc) is 3.15. The Hall–Kier alpha value is -3.00. The Morgan fingerprint density at radius 3 is 2.23 bits per heavy atom. The zero-order chi connectivity index (χ0) is 21.7. The van der Waals surface area contributed by atoms with Crippen molar-refractivity contribution >= 4 is 21.8 Å². The van der Waals surface area contributed by atoms with Crippen molar-refractivity contribution in [3.63, 3.8) is 0 Å². The molecular formula is C22H25N3O4S. The van der Waals surface area contributed by atoms with E-state index in [9.17, 15) is 13.2 Å². The zero-order valence-corrected chi connectivity index (χ0v) is 18.1. The van der Waals surface area contributed by atoms with Gasteiger partial charge in [-0.2, -0.15) is 0 Å². The number of aromatic nitrogens is 2. The van der Waals surface area contributed by atoms with Crippen LogP contribution in [-0.2, 0) is 27.5 Å². The summed E-state index contributed by atoms with van der Waals surface area (Å²) in [4.78, 5) is 12.5. The maximum atomic E-state index is 12.2. The molecule has 0 spiro atoms. The minimum Gasteiger partial charge on any atom is -0.407 e. The van der Waals surface area contributed by atoms with Gasteiger partial charge in [0.1, 0.15) is 0 Å². The molecule has 1 aromatic heterocycles. The van der Waals surface area contributed by atoms with Crippen molar-refractivity contribution < 1.29 is 17.6 Å². The number of sulfone groups is 1. The lowest BCUT2D eigenvalue weighted by Gasteiger charge is -2.05. The Labute approximate surface area is 176 Å². The topological polar surface area (TPSA) is 102 Å². The lowest BCUT2D eigenvalue weighted by atomic mass is 10.0.